The topological polar surface area (TPSA) is 72.1 Å². The maximum atomic E-state index is 13.6. The molecule has 0 N–H and O–H groups in total. The molecule has 1 aromatic heterocycles. The van der Waals surface area contributed by atoms with Gasteiger partial charge >= 0.3 is 6.09 Å². The van der Waals surface area contributed by atoms with Gasteiger partial charge in [0.15, 0.2) is 0 Å². The van der Waals surface area contributed by atoms with Crippen LogP contribution >= 0.6 is 0 Å². The van der Waals surface area contributed by atoms with Crippen LogP contribution in [0.5, 0.6) is 0 Å². The van der Waals surface area contributed by atoms with E-state index in [9.17, 15) is 14.9 Å². The van der Waals surface area contributed by atoms with Gasteiger partial charge in [-0.2, -0.15) is 5.26 Å². The van der Waals surface area contributed by atoms with Crippen LogP contribution in [0.3, 0.4) is 0 Å². The summed E-state index contributed by atoms with van der Waals surface area (Å²) in [5.41, 5.74) is 1.34. The lowest BCUT2D eigenvalue weighted by Crippen LogP contribution is -2.57. The zero-order valence-electron chi connectivity index (χ0n) is 20.2. The van der Waals surface area contributed by atoms with Crippen LogP contribution < -0.4 is 0 Å². The van der Waals surface area contributed by atoms with Gasteiger partial charge in [0.25, 0.3) is 0 Å². The quantitative estimate of drug-likeness (QED) is 0.492. The van der Waals surface area contributed by atoms with Crippen LogP contribution in [0.25, 0.3) is 10.9 Å². The van der Waals surface area contributed by atoms with Crippen molar-refractivity contribution in [2.75, 3.05) is 0 Å². The van der Waals surface area contributed by atoms with Gasteiger partial charge in [-0.05, 0) is 88.2 Å². The van der Waals surface area contributed by atoms with E-state index in [0.29, 0.717) is 12.3 Å². The lowest BCUT2D eigenvalue weighted by Gasteiger charge is -2.59. The summed E-state index contributed by atoms with van der Waals surface area (Å²) in [5.74, 6) is 0.518. The standard InChI is InChI=1S/C28H34N2O3/c1-26(2,3)33-25(32)30-22-10-6-5-9-19(22)20-11-12-23-27(4)14-7-8-18(16-31)21(27)13-15-28(23,17-29)24(20)30/h5-6,9-10,16,18,21,23H,7-8,11-15H2,1-4H3/t18-,21-,23+,27-,28-/m1/s1. The van der Waals surface area contributed by atoms with Crippen molar-refractivity contribution >= 4 is 23.3 Å². The van der Waals surface area contributed by atoms with E-state index in [4.69, 9.17) is 4.74 Å². The van der Waals surface area contributed by atoms with Crippen LogP contribution in [0.1, 0.15) is 77.5 Å². The number of rotatable bonds is 1. The fraction of sp³-hybridized carbons (Fsp3) is 0.607. The van der Waals surface area contributed by atoms with E-state index >= 15 is 0 Å². The van der Waals surface area contributed by atoms with E-state index in [1.54, 1.807) is 4.57 Å². The van der Waals surface area contributed by atoms with Gasteiger partial charge in [-0.15, -0.1) is 0 Å². The molecule has 0 saturated heterocycles. The lowest BCUT2D eigenvalue weighted by atomic mass is 9.43. The van der Waals surface area contributed by atoms with Crippen LogP contribution in [-0.4, -0.2) is 22.5 Å². The third kappa shape index (κ3) is 3.10. The minimum absolute atomic E-state index is 0.0787. The number of aldehydes is 1. The molecular formula is C28H34N2O3. The molecule has 5 heteroatoms. The highest BCUT2D eigenvalue weighted by molar-refractivity contribution is 5.95. The van der Waals surface area contributed by atoms with Crippen molar-refractivity contribution in [1.29, 1.82) is 5.26 Å². The summed E-state index contributed by atoms with van der Waals surface area (Å²) >= 11 is 0. The minimum atomic E-state index is -0.750. The normalized spacial score (nSPS) is 33.4. The second-order valence-electron chi connectivity index (χ2n) is 11.7. The molecule has 2 aromatic rings. The first kappa shape index (κ1) is 22.2. The lowest BCUT2D eigenvalue weighted by molar-refractivity contribution is -0.123. The predicted molar refractivity (Wildman–Crippen MR) is 127 cm³/mol. The molecule has 3 aliphatic rings. The molecule has 33 heavy (non-hydrogen) atoms. The summed E-state index contributed by atoms with van der Waals surface area (Å²) < 4.78 is 7.58. The highest BCUT2D eigenvalue weighted by Crippen LogP contribution is 2.64. The first-order chi connectivity index (χ1) is 15.7. The van der Waals surface area contributed by atoms with Gasteiger partial charge in [-0.3, -0.25) is 0 Å². The third-order valence-corrected chi connectivity index (χ3v) is 8.89. The molecule has 5 rings (SSSR count). The van der Waals surface area contributed by atoms with Crippen LogP contribution in [0.2, 0.25) is 0 Å². The molecule has 0 spiro atoms. The van der Waals surface area contributed by atoms with Crippen molar-refractivity contribution in [1.82, 2.24) is 4.57 Å². The summed E-state index contributed by atoms with van der Waals surface area (Å²) in [7, 11) is 0. The van der Waals surface area contributed by atoms with Crippen molar-refractivity contribution in [2.45, 2.75) is 83.7 Å². The molecule has 5 atom stereocenters. The molecule has 0 aliphatic heterocycles. The Morgan fingerprint density at radius 1 is 1.21 bits per heavy atom. The number of aromatic nitrogens is 1. The number of nitriles is 1. The molecule has 0 unspecified atom stereocenters. The fourth-order valence-electron chi connectivity index (χ4n) is 7.71. The second-order valence-corrected chi connectivity index (χ2v) is 11.7. The van der Waals surface area contributed by atoms with E-state index in [0.717, 1.165) is 67.0 Å². The Labute approximate surface area is 196 Å². The molecule has 174 valence electrons. The van der Waals surface area contributed by atoms with Gasteiger partial charge in [-0.1, -0.05) is 31.5 Å². The number of nitrogens with zero attached hydrogens (tertiary/aromatic N) is 2. The van der Waals surface area contributed by atoms with E-state index in [-0.39, 0.29) is 17.3 Å². The van der Waals surface area contributed by atoms with E-state index < -0.39 is 17.1 Å². The number of hydrogen-bond acceptors (Lipinski definition) is 4. The summed E-state index contributed by atoms with van der Waals surface area (Å²) in [5, 5.41) is 11.9. The molecule has 1 heterocycles. The van der Waals surface area contributed by atoms with Crippen LogP contribution in [0, 0.1) is 34.5 Å². The summed E-state index contributed by atoms with van der Waals surface area (Å²) in [4.78, 5) is 25.5. The minimum Gasteiger partial charge on any atom is -0.443 e. The summed E-state index contributed by atoms with van der Waals surface area (Å²) in [6, 6.07) is 10.7. The number of benzene rings is 1. The first-order valence-electron chi connectivity index (χ1n) is 12.4. The third-order valence-electron chi connectivity index (χ3n) is 8.89. The van der Waals surface area contributed by atoms with Crippen molar-refractivity contribution in [3.8, 4) is 6.07 Å². The fourth-order valence-corrected chi connectivity index (χ4v) is 7.71. The maximum Gasteiger partial charge on any atom is 0.419 e. The Hall–Kier alpha value is -2.61. The van der Waals surface area contributed by atoms with Gasteiger partial charge in [0.2, 0.25) is 0 Å². The Bertz CT molecular complexity index is 1170. The van der Waals surface area contributed by atoms with E-state index in [2.05, 4.69) is 19.1 Å². The second kappa shape index (κ2) is 7.45. The number of aryl methyl sites for hydroxylation is 1. The maximum absolute atomic E-state index is 13.6. The highest BCUT2D eigenvalue weighted by Gasteiger charge is 2.62. The van der Waals surface area contributed by atoms with Crippen LogP contribution in [0.4, 0.5) is 4.79 Å². The summed E-state index contributed by atoms with van der Waals surface area (Å²) in [6.45, 7) is 7.94. The average molecular weight is 447 g/mol. The Morgan fingerprint density at radius 2 is 1.97 bits per heavy atom. The van der Waals surface area contributed by atoms with Gasteiger partial charge in [-0.25, -0.2) is 9.36 Å². The van der Waals surface area contributed by atoms with Crippen LogP contribution in [0.15, 0.2) is 24.3 Å². The molecule has 0 bridgehead atoms. The Kier molecular flexibility index (Phi) is 5.01. The molecule has 1 aromatic carbocycles. The molecule has 2 saturated carbocycles. The number of hydrogen-bond donors (Lipinski definition) is 0. The van der Waals surface area contributed by atoms with Gasteiger partial charge in [0, 0.05) is 11.3 Å². The number of ether oxygens (including phenoxy) is 1. The SMILES string of the molecule is CC(C)(C)OC(=O)n1c2c(c3ccccc31)CC[C@H]1[C@]3(C)CCC[C@H](C=O)[C@H]3CC[C@]21C#N. The first-order valence-corrected chi connectivity index (χ1v) is 12.4. The smallest absolute Gasteiger partial charge is 0.419 e. The zero-order valence-corrected chi connectivity index (χ0v) is 20.2. The number of carbonyl (C=O) groups is 2. The Balaban J connectivity index is 1.74. The monoisotopic (exact) mass is 446 g/mol. The van der Waals surface area contributed by atoms with E-state index in [1.165, 1.54) is 0 Å². The number of fused-ring (bicyclic) bond motifs is 7. The highest BCUT2D eigenvalue weighted by atomic mass is 16.6. The number of para-hydroxylation sites is 1. The molecule has 5 nitrogen and oxygen atoms in total. The average Bonchev–Trinajstić information content (AvgIpc) is 3.12. The molecule has 0 amide bonds. The van der Waals surface area contributed by atoms with Crippen molar-refractivity contribution < 1.29 is 14.3 Å². The Morgan fingerprint density at radius 3 is 2.67 bits per heavy atom. The van der Waals surface area contributed by atoms with Crippen molar-refractivity contribution in [3.05, 3.63) is 35.5 Å². The zero-order chi connectivity index (χ0) is 23.6. The summed E-state index contributed by atoms with van der Waals surface area (Å²) in [6.07, 6.45) is 7.07. The van der Waals surface area contributed by atoms with E-state index in [1.807, 2.05) is 39.0 Å². The number of carbonyl (C=O) groups excluding carboxylic acids is 2. The van der Waals surface area contributed by atoms with Crippen molar-refractivity contribution in [2.24, 2.45) is 23.2 Å². The molecular weight excluding hydrogens is 412 g/mol. The largest absolute Gasteiger partial charge is 0.443 e. The predicted octanol–water partition coefficient (Wildman–Crippen LogP) is 6.16. The molecule has 2 fully saturated rings. The van der Waals surface area contributed by atoms with Gasteiger partial charge < -0.3 is 9.53 Å². The molecule has 0 radical (unpaired) electrons. The van der Waals surface area contributed by atoms with Crippen molar-refractivity contribution in [3.63, 3.8) is 0 Å². The van der Waals surface area contributed by atoms with Gasteiger partial charge in [0.1, 0.15) is 17.3 Å². The van der Waals surface area contributed by atoms with Gasteiger partial charge in [0.05, 0.1) is 17.3 Å². The molecule has 3 aliphatic carbocycles. The van der Waals surface area contributed by atoms with Crippen LogP contribution in [-0.2, 0) is 21.4 Å².